The van der Waals surface area contributed by atoms with Crippen molar-refractivity contribution < 1.29 is 9.32 Å². The van der Waals surface area contributed by atoms with E-state index in [1.54, 1.807) is 36.4 Å². The highest BCUT2D eigenvalue weighted by atomic mass is 16.5. The standard InChI is InChI=1S/C13H12N2O3/c1-2-3-6-9-14-13(17)15-12(16)10-7-4-5-8-11(10)18-15/h2-9H,1H3,(H,14,17)/b3-2+,9-6-. The summed E-state index contributed by atoms with van der Waals surface area (Å²) in [6, 6.07) is 6.07. The van der Waals surface area contributed by atoms with Crippen molar-refractivity contribution >= 4 is 17.0 Å². The molecule has 2 rings (SSSR count). The Morgan fingerprint density at radius 2 is 2.11 bits per heavy atom. The van der Waals surface area contributed by atoms with Crippen LogP contribution in [-0.2, 0) is 0 Å². The number of nitrogens with one attached hydrogen (secondary N) is 1. The summed E-state index contributed by atoms with van der Waals surface area (Å²) < 4.78 is 5.86. The highest BCUT2D eigenvalue weighted by molar-refractivity contribution is 5.82. The van der Waals surface area contributed by atoms with Gasteiger partial charge in [0.1, 0.15) is 0 Å². The van der Waals surface area contributed by atoms with Crippen molar-refractivity contribution in [1.82, 2.24) is 10.1 Å². The number of para-hydroxylation sites is 1. The fourth-order valence-electron chi connectivity index (χ4n) is 1.45. The number of aromatic nitrogens is 1. The number of amides is 1. The van der Waals surface area contributed by atoms with Crippen LogP contribution >= 0.6 is 0 Å². The molecular formula is C13H12N2O3. The molecule has 0 bridgehead atoms. The van der Waals surface area contributed by atoms with Crippen LogP contribution in [0.2, 0.25) is 0 Å². The number of benzene rings is 1. The Morgan fingerprint density at radius 1 is 1.33 bits per heavy atom. The first-order chi connectivity index (χ1) is 8.74. The number of allylic oxidation sites excluding steroid dienone is 3. The average Bonchev–Trinajstić information content (AvgIpc) is 2.73. The molecule has 0 radical (unpaired) electrons. The third-order valence-corrected chi connectivity index (χ3v) is 2.28. The first-order valence-corrected chi connectivity index (χ1v) is 5.44. The number of rotatable bonds is 2. The van der Waals surface area contributed by atoms with Gasteiger partial charge in [-0.2, -0.15) is 0 Å². The minimum Gasteiger partial charge on any atom is -0.366 e. The van der Waals surface area contributed by atoms with Crippen molar-refractivity contribution in [3.8, 4) is 0 Å². The van der Waals surface area contributed by atoms with E-state index in [2.05, 4.69) is 5.32 Å². The smallest absolute Gasteiger partial charge is 0.362 e. The highest BCUT2D eigenvalue weighted by Crippen LogP contribution is 2.08. The lowest BCUT2D eigenvalue weighted by Gasteiger charge is -1.95. The van der Waals surface area contributed by atoms with E-state index in [4.69, 9.17) is 4.52 Å². The third kappa shape index (κ3) is 2.24. The monoisotopic (exact) mass is 244 g/mol. The van der Waals surface area contributed by atoms with Crippen LogP contribution in [0.5, 0.6) is 0 Å². The predicted molar refractivity (Wildman–Crippen MR) is 68.4 cm³/mol. The fourth-order valence-corrected chi connectivity index (χ4v) is 1.45. The van der Waals surface area contributed by atoms with Crippen LogP contribution in [0.15, 0.2) is 58.0 Å². The van der Waals surface area contributed by atoms with Gasteiger partial charge in [-0.3, -0.25) is 4.79 Å². The molecule has 5 nitrogen and oxygen atoms in total. The largest absolute Gasteiger partial charge is 0.366 e. The normalized spacial score (nSPS) is 11.6. The molecule has 5 heteroatoms. The van der Waals surface area contributed by atoms with Gasteiger partial charge in [0.15, 0.2) is 5.58 Å². The van der Waals surface area contributed by atoms with Gasteiger partial charge < -0.3 is 9.84 Å². The van der Waals surface area contributed by atoms with Gasteiger partial charge in [0.25, 0.3) is 5.56 Å². The summed E-state index contributed by atoms with van der Waals surface area (Å²) in [5.41, 5.74) is -0.0855. The Bertz CT molecular complexity index is 677. The topological polar surface area (TPSA) is 64.2 Å². The van der Waals surface area contributed by atoms with Gasteiger partial charge in [0, 0.05) is 6.20 Å². The van der Waals surface area contributed by atoms with Gasteiger partial charge in [-0.1, -0.05) is 29.0 Å². The number of nitrogens with zero attached hydrogens (tertiary/aromatic N) is 1. The molecule has 1 N–H and O–H groups in total. The number of hydrogen-bond acceptors (Lipinski definition) is 3. The van der Waals surface area contributed by atoms with Crippen LogP contribution < -0.4 is 10.9 Å². The molecule has 0 spiro atoms. The zero-order valence-electron chi connectivity index (χ0n) is 9.79. The summed E-state index contributed by atoms with van der Waals surface area (Å²) in [5.74, 6) is 0. The van der Waals surface area contributed by atoms with Crippen LogP contribution in [0.25, 0.3) is 11.0 Å². The lowest BCUT2D eigenvalue weighted by molar-refractivity contribution is 0.217. The molecule has 0 aliphatic carbocycles. The summed E-state index contributed by atoms with van der Waals surface area (Å²) in [4.78, 5) is 23.5. The molecule has 0 saturated carbocycles. The number of hydrogen-bond donors (Lipinski definition) is 1. The molecule has 1 aromatic heterocycles. The molecule has 2 aromatic rings. The summed E-state index contributed by atoms with van der Waals surface area (Å²) >= 11 is 0. The van der Waals surface area contributed by atoms with Crippen LogP contribution in [0.3, 0.4) is 0 Å². The molecule has 0 aliphatic rings. The first kappa shape index (κ1) is 11.9. The SMILES string of the molecule is C/C=C/C=C\NC(=O)n1oc2ccccc2c1=O. The van der Waals surface area contributed by atoms with E-state index in [-0.39, 0.29) is 0 Å². The van der Waals surface area contributed by atoms with Crippen molar-refractivity contribution in [3.05, 3.63) is 59.0 Å². The lowest BCUT2D eigenvalue weighted by Crippen LogP contribution is -2.30. The van der Waals surface area contributed by atoms with Crippen LogP contribution in [0, 0.1) is 0 Å². The number of carbonyl (C=O) groups is 1. The highest BCUT2D eigenvalue weighted by Gasteiger charge is 2.13. The molecule has 1 aromatic carbocycles. The van der Waals surface area contributed by atoms with Gasteiger partial charge in [-0.25, -0.2) is 4.79 Å². The van der Waals surface area contributed by atoms with Crippen molar-refractivity contribution in [1.29, 1.82) is 0 Å². The maximum absolute atomic E-state index is 11.8. The van der Waals surface area contributed by atoms with E-state index in [0.717, 1.165) is 0 Å². The molecule has 0 atom stereocenters. The molecular weight excluding hydrogens is 232 g/mol. The zero-order chi connectivity index (χ0) is 13.0. The minimum atomic E-state index is -0.628. The third-order valence-electron chi connectivity index (χ3n) is 2.28. The number of fused-ring (bicyclic) bond motifs is 1. The van der Waals surface area contributed by atoms with E-state index < -0.39 is 11.6 Å². The summed E-state index contributed by atoms with van der Waals surface area (Å²) in [7, 11) is 0. The summed E-state index contributed by atoms with van der Waals surface area (Å²) in [5, 5.41) is 2.81. The average molecular weight is 244 g/mol. The van der Waals surface area contributed by atoms with Gasteiger partial charge in [0.2, 0.25) is 0 Å². The van der Waals surface area contributed by atoms with Gasteiger partial charge in [0.05, 0.1) is 5.39 Å². The second-order valence-corrected chi connectivity index (χ2v) is 3.52. The Hall–Kier alpha value is -2.56. The van der Waals surface area contributed by atoms with E-state index in [1.165, 1.54) is 6.20 Å². The Labute approximate surface area is 103 Å². The van der Waals surface area contributed by atoms with Crippen LogP contribution in [-0.4, -0.2) is 10.8 Å². The van der Waals surface area contributed by atoms with E-state index >= 15 is 0 Å². The zero-order valence-corrected chi connectivity index (χ0v) is 9.79. The van der Waals surface area contributed by atoms with Crippen LogP contribution in [0.1, 0.15) is 6.92 Å². The van der Waals surface area contributed by atoms with Gasteiger partial charge >= 0.3 is 6.03 Å². The molecule has 1 heterocycles. The van der Waals surface area contributed by atoms with Crippen molar-refractivity contribution in [3.63, 3.8) is 0 Å². The lowest BCUT2D eigenvalue weighted by atomic mass is 10.3. The van der Waals surface area contributed by atoms with E-state index in [9.17, 15) is 9.59 Å². The first-order valence-electron chi connectivity index (χ1n) is 5.44. The maximum Gasteiger partial charge on any atom is 0.362 e. The molecule has 18 heavy (non-hydrogen) atoms. The molecule has 0 fully saturated rings. The second kappa shape index (κ2) is 5.18. The van der Waals surface area contributed by atoms with Crippen molar-refractivity contribution in [2.75, 3.05) is 0 Å². The quantitative estimate of drug-likeness (QED) is 0.824. The number of carbonyl (C=O) groups excluding carboxylic acids is 1. The van der Waals surface area contributed by atoms with E-state index in [0.29, 0.717) is 15.7 Å². The van der Waals surface area contributed by atoms with Crippen molar-refractivity contribution in [2.24, 2.45) is 0 Å². The molecule has 92 valence electrons. The summed E-state index contributed by atoms with van der Waals surface area (Å²) in [6.45, 7) is 1.86. The Balaban J connectivity index is 2.28. The molecule has 0 aliphatic heterocycles. The van der Waals surface area contributed by atoms with Gasteiger partial charge in [-0.15, -0.1) is 0 Å². The summed E-state index contributed by atoms with van der Waals surface area (Å²) in [6.07, 6.45) is 6.64. The molecule has 0 saturated heterocycles. The van der Waals surface area contributed by atoms with Gasteiger partial charge in [-0.05, 0) is 25.1 Å². The fraction of sp³-hybridized carbons (Fsp3) is 0.0769. The Kier molecular flexibility index (Phi) is 3.43. The van der Waals surface area contributed by atoms with Crippen molar-refractivity contribution in [2.45, 2.75) is 6.92 Å². The molecule has 1 amide bonds. The predicted octanol–water partition coefficient (Wildman–Crippen LogP) is 2.24. The maximum atomic E-state index is 11.8. The Morgan fingerprint density at radius 3 is 2.83 bits per heavy atom. The second-order valence-electron chi connectivity index (χ2n) is 3.52. The van der Waals surface area contributed by atoms with E-state index in [1.807, 2.05) is 13.0 Å². The van der Waals surface area contributed by atoms with Crippen LogP contribution in [0.4, 0.5) is 4.79 Å². The molecule has 0 unspecified atom stereocenters. The minimum absolute atomic E-state index is 0.380.